The van der Waals surface area contributed by atoms with E-state index in [0.29, 0.717) is 12.0 Å². The summed E-state index contributed by atoms with van der Waals surface area (Å²) in [5.41, 5.74) is 0. The summed E-state index contributed by atoms with van der Waals surface area (Å²) in [7, 11) is 2.17. The van der Waals surface area contributed by atoms with Crippen molar-refractivity contribution in [3.8, 4) is 0 Å². The summed E-state index contributed by atoms with van der Waals surface area (Å²) in [5.74, 6) is 0.653. The van der Waals surface area contributed by atoms with Crippen molar-refractivity contribution in [2.24, 2.45) is 5.92 Å². The van der Waals surface area contributed by atoms with Gasteiger partial charge in [-0.25, -0.2) is 4.79 Å². The van der Waals surface area contributed by atoms with Gasteiger partial charge in [0.25, 0.3) is 0 Å². The van der Waals surface area contributed by atoms with Gasteiger partial charge < -0.3 is 15.5 Å². The molecule has 0 saturated carbocycles. The van der Waals surface area contributed by atoms with Crippen LogP contribution in [0, 0.1) is 5.92 Å². The molecule has 1 heterocycles. The fourth-order valence-electron chi connectivity index (χ4n) is 2.60. The highest BCUT2D eigenvalue weighted by atomic mass is 16.2. The van der Waals surface area contributed by atoms with Crippen molar-refractivity contribution < 1.29 is 4.79 Å². The van der Waals surface area contributed by atoms with Gasteiger partial charge in [0.2, 0.25) is 0 Å². The number of likely N-dealkylation sites (N-methyl/N-ethyl adjacent to an activating group) is 1. The minimum atomic E-state index is -0.0327. The van der Waals surface area contributed by atoms with Gasteiger partial charge in [-0.1, -0.05) is 20.8 Å². The molecule has 1 saturated heterocycles. The van der Waals surface area contributed by atoms with Crippen molar-refractivity contribution in [1.82, 2.24) is 20.4 Å². The molecular formula is C15H32N4O. The number of nitrogens with one attached hydrogen (secondary N) is 2. The fraction of sp³-hybridized carbons (Fsp3) is 0.933. The number of carbonyl (C=O) groups excluding carboxylic acids is 1. The van der Waals surface area contributed by atoms with Crippen molar-refractivity contribution in [2.75, 3.05) is 46.3 Å². The van der Waals surface area contributed by atoms with Gasteiger partial charge in [-0.05, 0) is 25.8 Å². The topological polar surface area (TPSA) is 47.6 Å². The Kier molecular flexibility index (Phi) is 7.92. The largest absolute Gasteiger partial charge is 0.338 e. The van der Waals surface area contributed by atoms with Gasteiger partial charge >= 0.3 is 6.03 Å². The van der Waals surface area contributed by atoms with Crippen LogP contribution >= 0.6 is 0 Å². The number of carbonyl (C=O) groups is 1. The first-order valence-electron chi connectivity index (χ1n) is 7.97. The molecule has 2 amide bonds. The summed E-state index contributed by atoms with van der Waals surface area (Å²) >= 11 is 0. The molecule has 0 aliphatic carbocycles. The number of rotatable bonds is 7. The Morgan fingerprint density at radius 2 is 1.80 bits per heavy atom. The molecule has 1 atom stereocenters. The molecule has 1 rings (SSSR count). The molecule has 1 aliphatic heterocycles. The van der Waals surface area contributed by atoms with Crippen LogP contribution < -0.4 is 10.6 Å². The predicted molar refractivity (Wildman–Crippen MR) is 84.0 cm³/mol. The Labute approximate surface area is 124 Å². The smallest absolute Gasteiger partial charge is 0.314 e. The molecule has 5 nitrogen and oxygen atoms in total. The van der Waals surface area contributed by atoms with Gasteiger partial charge in [0.1, 0.15) is 0 Å². The summed E-state index contributed by atoms with van der Waals surface area (Å²) in [5, 5.41) is 5.90. The second-order valence-corrected chi connectivity index (χ2v) is 6.26. The fourth-order valence-corrected chi connectivity index (χ4v) is 2.60. The van der Waals surface area contributed by atoms with Crippen LogP contribution in [-0.4, -0.2) is 68.2 Å². The molecule has 0 bridgehead atoms. The number of hydrogen-bond acceptors (Lipinski definition) is 3. The first-order valence-corrected chi connectivity index (χ1v) is 7.97. The lowest BCUT2D eigenvalue weighted by atomic mass is 10.0. The summed E-state index contributed by atoms with van der Waals surface area (Å²) < 4.78 is 0. The van der Waals surface area contributed by atoms with E-state index in [2.05, 4.69) is 48.3 Å². The molecule has 0 spiro atoms. The zero-order chi connectivity index (χ0) is 15.0. The summed E-state index contributed by atoms with van der Waals surface area (Å²) in [4.78, 5) is 16.6. The van der Waals surface area contributed by atoms with Gasteiger partial charge in [0, 0.05) is 45.3 Å². The number of urea groups is 1. The van der Waals surface area contributed by atoms with Gasteiger partial charge in [0.05, 0.1) is 0 Å². The second kappa shape index (κ2) is 9.19. The lowest BCUT2D eigenvalue weighted by Crippen LogP contribution is -2.53. The van der Waals surface area contributed by atoms with Crippen LogP contribution in [0.3, 0.4) is 0 Å². The molecular weight excluding hydrogens is 252 g/mol. The molecule has 118 valence electrons. The standard InChI is InChI=1S/C15H32N4O/c1-5-6-16-15(20)17-12-14(11-13(2)3)19-9-7-18(4)8-10-19/h13-14H,5-12H2,1-4H3,(H2,16,17,20). The maximum atomic E-state index is 11.7. The van der Waals surface area contributed by atoms with Crippen LogP contribution in [0.2, 0.25) is 0 Å². The lowest BCUT2D eigenvalue weighted by Gasteiger charge is -2.38. The van der Waals surface area contributed by atoms with Crippen LogP contribution in [-0.2, 0) is 0 Å². The molecule has 5 heteroatoms. The maximum Gasteiger partial charge on any atom is 0.314 e. The molecule has 0 aromatic rings. The average Bonchev–Trinajstić information content (AvgIpc) is 2.41. The van der Waals surface area contributed by atoms with E-state index in [-0.39, 0.29) is 6.03 Å². The summed E-state index contributed by atoms with van der Waals surface area (Å²) in [6.07, 6.45) is 2.11. The normalized spacial score (nSPS) is 19.1. The zero-order valence-corrected chi connectivity index (χ0v) is 13.6. The van der Waals surface area contributed by atoms with Crippen molar-refractivity contribution in [3.63, 3.8) is 0 Å². The third-order valence-electron chi connectivity index (χ3n) is 3.83. The second-order valence-electron chi connectivity index (χ2n) is 6.26. The molecule has 0 radical (unpaired) electrons. The van der Waals surface area contributed by atoms with Gasteiger partial charge in [0.15, 0.2) is 0 Å². The Balaban J connectivity index is 2.41. The Morgan fingerprint density at radius 3 is 2.35 bits per heavy atom. The monoisotopic (exact) mass is 284 g/mol. The lowest BCUT2D eigenvalue weighted by molar-refractivity contribution is 0.100. The van der Waals surface area contributed by atoms with Gasteiger partial charge in [-0.3, -0.25) is 4.90 Å². The number of amides is 2. The molecule has 1 unspecified atom stereocenters. The highest BCUT2D eigenvalue weighted by Gasteiger charge is 2.23. The van der Waals surface area contributed by atoms with E-state index >= 15 is 0 Å². The Bertz CT molecular complexity index is 275. The van der Waals surface area contributed by atoms with Gasteiger partial charge in [-0.15, -0.1) is 0 Å². The van der Waals surface area contributed by atoms with Crippen LogP contribution in [0.15, 0.2) is 0 Å². The SMILES string of the molecule is CCCNC(=O)NCC(CC(C)C)N1CCN(C)CC1. The van der Waals surface area contributed by atoms with Crippen molar-refractivity contribution in [1.29, 1.82) is 0 Å². The Morgan fingerprint density at radius 1 is 1.15 bits per heavy atom. The first kappa shape index (κ1) is 17.2. The Hall–Kier alpha value is -0.810. The van der Waals surface area contributed by atoms with E-state index < -0.39 is 0 Å². The average molecular weight is 284 g/mol. The quantitative estimate of drug-likeness (QED) is 0.742. The molecule has 20 heavy (non-hydrogen) atoms. The van der Waals surface area contributed by atoms with Crippen LogP contribution in [0.5, 0.6) is 0 Å². The summed E-state index contributed by atoms with van der Waals surface area (Å²) in [6.45, 7) is 12.5. The molecule has 0 aromatic heterocycles. The van der Waals surface area contributed by atoms with E-state index in [4.69, 9.17) is 0 Å². The van der Waals surface area contributed by atoms with E-state index in [1.807, 2.05) is 0 Å². The number of hydrogen-bond donors (Lipinski definition) is 2. The van der Waals surface area contributed by atoms with E-state index in [1.165, 1.54) is 0 Å². The zero-order valence-electron chi connectivity index (χ0n) is 13.6. The third-order valence-corrected chi connectivity index (χ3v) is 3.83. The summed E-state index contributed by atoms with van der Waals surface area (Å²) in [6, 6.07) is 0.422. The maximum absolute atomic E-state index is 11.7. The van der Waals surface area contributed by atoms with Crippen LogP contribution in [0.25, 0.3) is 0 Å². The van der Waals surface area contributed by atoms with Crippen LogP contribution in [0.4, 0.5) is 4.79 Å². The third kappa shape index (κ3) is 6.57. The predicted octanol–water partition coefficient (Wildman–Crippen LogP) is 1.36. The highest BCUT2D eigenvalue weighted by molar-refractivity contribution is 5.73. The van der Waals surface area contributed by atoms with Crippen molar-refractivity contribution in [3.05, 3.63) is 0 Å². The minimum absolute atomic E-state index is 0.0327. The number of nitrogens with zero attached hydrogens (tertiary/aromatic N) is 2. The van der Waals surface area contributed by atoms with E-state index in [0.717, 1.165) is 52.1 Å². The highest BCUT2D eigenvalue weighted by Crippen LogP contribution is 2.13. The number of piperazine rings is 1. The van der Waals surface area contributed by atoms with Crippen molar-refractivity contribution in [2.45, 2.75) is 39.7 Å². The molecule has 1 aliphatic rings. The molecule has 0 aromatic carbocycles. The first-order chi connectivity index (χ1) is 9.52. The molecule has 1 fully saturated rings. The van der Waals surface area contributed by atoms with Crippen LogP contribution in [0.1, 0.15) is 33.6 Å². The van der Waals surface area contributed by atoms with E-state index in [9.17, 15) is 4.79 Å². The van der Waals surface area contributed by atoms with Crippen molar-refractivity contribution >= 4 is 6.03 Å². The van der Waals surface area contributed by atoms with Gasteiger partial charge in [-0.2, -0.15) is 0 Å². The van der Waals surface area contributed by atoms with E-state index in [1.54, 1.807) is 0 Å². The molecule has 2 N–H and O–H groups in total. The minimum Gasteiger partial charge on any atom is -0.338 e.